The first-order valence-electron chi connectivity index (χ1n) is 9.22. The third-order valence-electron chi connectivity index (χ3n) is 4.13. The number of carbonyl (C=O) groups is 2. The van der Waals surface area contributed by atoms with E-state index in [0.717, 1.165) is 5.56 Å². The maximum Gasteiger partial charge on any atom is 0.408 e. The molecule has 0 heterocycles. The molecule has 0 saturated carbocycles. The number of rotatable bonds is 8. The lowest BCUT2D eigenvalue weighted by atomic mass is 9.98. The van der Waals surface area contributed by atoms with Gasteiger partial charge in [-0.25, -0.2) is 18.4 Å². The van der Waals surface area contributed by atoms with Crippen molar-refractivity contribution in [3.8, 4) is 0 Å². The van der Waals surface area contributed by atoms with E-state index in [9.17, 15) is 18.0 Å². The van der Waals surface area contributed by atoms with Gasteiger partial charge in [0.15, 0.2) is 0 Å². The highest BCUT2D eigenvalue weighted by Crippen LogP contribution is 2.12. The van der Waals surface area contributed by atoms with E-state index in [0.29, 0.717) is 19.4 Å². The Morgan fingerprint density at radius 2 is 1.75 bits per heavy atom. The Balaban J connectivity index is 2.64. The van der Waals surface area contributed by atoms with Crippen LogP contribution in [0.3, 0.4) is 0 Å². The Hall–Kier alpha value is -2.13. The smallest absolute Gasteiger partial charge is 0.408 e. The van der Waals surface area contributed by atoms with E-state index in [-0.39, 0.29) is 16.7 Å². The second-order valence-electron chi connectivity index (χ2n) is 7.74. The Bertz CT molecular complexity index is 770. The van der Waals surface area contributed by atoms with Crippen molar-refractivity contribution in [2.75, 3.05) is 6.54 Å². The van der Waals surface area contributed by atoms with Crippen LogP contribution in [0.1, 0.15) is 46.6 Å². The number of hydrogen-bond acceptors (Lipinski definition) is 5. The third kappa shape index (κ3) is 8.26. The molecule has 0 radical (unpaired) electrons. The van der Waals surface area contributed by atoms with Crippen LogP contribution < -0.4 is 15.8 Å². The summed E-state index contributed by atoms with van der Waals surface area (Å²) in [5, 5.41) is 10.5. The van der Waals surface area contributed by atoms with Gasteiger partial charge in [0.1, 0.15) is 11.6 Å². The van der Waals surface area contributed by atoms with Crippen LogP contribution in [0.5, 0.6) is 0 Å². The minimum atomic E-state index is -3.72. The van der Waals surface area contributed by atoms with Gasteiger partial charge in [0.2, 0.25) is 15.9 Å². The number of nitrogens with two attached hydrogens (primary N) is 1. The number of sulfonamides is 1. The van der Waals surface area contributed by atoms with Gasteiger partial charge in [-0.2, -0.15) is 0 Å². The van der Waals surface area contributed by atoms with Gasteiger partial charge in [0, 0.05) is 6.54 Å². The highest BCUT2D eigenvalue weighted by Gasteiger charge is 2.28. The Morgan fingerprint density at radius 1 is 1.18 bits per heavy atom. The highest BCUT2D eigenvalue weighted by atomic mass is 32.2. The van der Waals surface area contributed by atoms with Crippen molar-refractivity contribution in [2.45, 2.75) is 64.0 Å². The molecule has 2 amide bonds. The molecule has 1 aromatic rings. The zero-order chi connectivity index (χ0) is 21.5. The summed E-state index contributed by atoms with van der Waals surface area (Å²) in [6, 6.07) is 5.45. The van der Waals surface area contributed by atoms with Crippen molar-refractivity contribution >= 4 is 22.0 Å². The van der Waals surface area contributed by atoms with Crippen LogP contribution in [0.2, 0.25) is 0 Å². The van der Waals surface area contributed by atoms with Gasteiger partial charge in [-0.1, -0.05) is 32.4 Å². The van der Waals surface area contributed by atoms with Gasteiger partial charge < -0.3 is 15.4 Å². The molecule has 1 unspecified atom stereocenters. The molecule has 0 saturated heterocycles. The maximum absolute atomic E-state index is 12.5. The third-order valence-corrected chi connectivity index (χ3v) is 5.06. The summed E-state index contributed by atoms with van der Waals surface area (Å²) in [5.74, 6) is -0.358. The van der Waals surface area contributed by atoms with Crippen LogP contribution in [-0.2, 0) is 26.0 Å². The first-order chi connectivity index (χ1) is 12.8. The zero-order valence-electron chi connectivity index (χ0n) is 17.1. The summed E-state index contributed by atoms with van der Waals surface area (Å²) < 4.78 is 27.8. The van der Waals surface area contributed by atoms with E-state index >= 15 is 0 Å². The monoisotopic (exact) mass is 413 g/mol. The molecule has 8 nitrogen and oxygen atoms in total. The number of ether oxygens (including phenoxy) is 1. The van der Waals surface area contributed by atoms with Crippen LogP contribution in [0.25, 0.3) is 0 Å². The summed E-state index contributed by atoms with van der Waals surface area (Å²) in [7, 11) is -3.72. The van der Waals surface area contributed by atoms with Gasteiger partial charge in [0.05, 0.1) is 4.90 Å². The molecule has 1 aromatic carbocycles. The number of hydrogen-bond donors (Lipinski definition) is 3. The second kappa shape index (κ2) is 9.88. The fraction of sp³-hybridized carbons (Fsp3) is 0.579. The normalized spacial score (nSPS) is 14.1. The van der Waals surface area contributed by atoms with E-state index in [2.05, 4.69) is 10.6 Å². The summed E-state index contributed by atoms with van der Waals surface area (Å²) >= 11 is 0. The highest BCUT2D eigenvalue weighted by molar-refractivity contribution is 7.89. The van der Waals surface area contributed by atoms with Gasteiger partial charge in [-0.05, 0) is 50.8 Å². The molecule has 0 aliphatic carbocycles. The molecule has 0 spiro atoms. The first kappa shape index (κ1) is 23.9. The number of alkyl carbamates (subject to hydrolysis) is 1. The van der Waals surface area contributed by atoms with Crippen molar-refractivity contribution in [1.82, 2.24) is 10.6 Å². The number of amides is 2. The van der Waals surface area contributed by atoms with Crippen LogP contribution in [0.15, 0.2) is 29.2 Å². The quantitative estimate of drug-likeness (QED) is 0.600. The zero-order valence-corrected chi connectivity index (χ0v) is 17.9. The summed E-state index contributed by atoms with van der Waals surface area (Å²) in [5.41, 5.74) is 0.205. The van der Waals surface area contributed by atoms with E-state index in [4.69, 9.17) is 9.88 Å². The van der Waals surface area contributed by atoms with Gasteiger partial charge in [-0.3, -0.25) is 4.79 Å². The molecule has 0 aliphatic heterocycles. The molecule has 1 rings (SSSR count). The molecular formula is C19H31N3O5S. The van der Waals surface area contributed by atoms with Gasteiger partial charge in [-0.15, -0.1) is 0 Å². The molecule has 28 heavy (non-hydrogen) atoms. The molecule has 4 N–H and O–H groups in total. The predicted molar refractivity (Wildman–Crippen MR) is 107 cm³/mol. The van der Waals surface area contributed by atoms with Crippen molar-refractivity contribution in [3.63, 3.8) is 0 Å². The van der Waals surface area contributed by atoms with Gasteiger partial charge in [0.25, 0.3) is 0 Å². The van der Waals surface area contributed by atoms with Crippen molar-refractivity contribution in [2.24, 2.45) is 11.1 Å². The SMILES string of the molecule is CCC(C)[C@@H](NC(=O)OC(C)(C)C)C(=O)NCCc1ccc(S(N)(=O)=O)cc1. The largest absolute Gasteiger partial charge is 0.444 e. The Kier molecular flexibility index (Phi) is 8.44. The lowest BCUT2D eigenvalue weighted by molar-refractivity contribution is -0.124. The van der Waals surface area contributed by atoms with Crippen LogP contribution in [0.4, 0.5) is 4.79 Å². The molecule has 0 fully saturated rings. The molecule has 0 aliphatic rings. The molecule has 2 atom stereocenters. The van der Waals surface area contributed by atoms with Crippen LogP contribution >= 0.6 is 0 Å². The molecule has 158 valence electrons. The van der Waals surface area contributed by atoms with Gasteiger partial charge >= 0.3 is 6.09 Å². The lowest BCUT2D eigenvalue weighted by Gasteiger charge is -2.26. The average molecular weight is 414 g/mol. The van der Waals surface area contributed by atoms with Crippen LogP contribution in [0, 0.1) is 5.92 Å². The fourth-order valence-corrected chi connectivity index (χ4v) is 2.94. The molecular weight excluding hydrogens is 382 g/mol. The summed E-state index contributed by atoms with van der Waals surface area (Å²) in [6.07, 6.45) is 0.589. The Morgan fingerprint density at radius 3 is 2.21 bits per heavy atom. The maximum atomic E-state index is 12.5. The number of primary sulfonamides is 1. The molecule has 0 bridgehead atoms. The lowest BCUT2D eigenvalue weighted by Crippen LogP contribution is -2.51. The van der Waals surface area contributed by atoms with E-state index in [1.54, 1.807) is 32.9 Å². The Labute approximate surface area is 167 Å². The average Bonchev–Trinajstić information content (AvgIpc) is 2.57. The standard InChI is InChI=1S/C19H31N3O5S/c1-6-13(2)16(22-18(24)27-19(3,4)5)17(23)21-12-11-14-7-9-15(10-8-14)28(20,25)26/h7-10,13,16H,6,11-12H2,1-5H3,(H,21,23)(H,22,24)(H2,20,25,26)/t13?,16-/m1/s1. The molecule has 0 aromatic heterocycles. The summed E-state index contributed by atoms with van der Waals surface area (Å²) in [6.45, 7) is 9.43. The predicted octanol–water partition coefficient (Wildman–Crippen LogP) is 1.93. The van der Waals surface area contributed by atoms with E-state index in [1.165, 1.54) is 12.1 Å². The second-order valence-corrected chi connectivity index (χ2v) is 9.30. The van der Waals surface area contributed by atoms with Crippen molar-refractivity contribution in [3.05, 3.63) is 29.8 Å². The minimum Gasteiger partial charge on any atom is -0.444 e. The number of benzene rings is 1. The summed E-state index contributed by atoms with van der Waals surface area (Å²) in [4.78, 5) is 24.6. The van der Waals surface area contributed by atoms with Crippen molar-refractivity contribution < 1.29 is 22.7 Å². The van der Waals surface area contributed by atoms with E-state index in [1.807, 2.05) is 13.8 Å². The number of nitrogens with one attached hydrogen (secondary N) is 2. The molecule has 9 heteroatoms. The minimum absolute atomic E-state index is 0.0404. The first-order valence-corrected chi connectivity index (χ1v) is 10.8. The number of carbonyl (C=O) groups excluding carboxylic acids is 2. The topological polar surface area (TPSA) is 128 Å². The fourth-order valence-electron chi connectivity index (χ4n) is 2.42. The van der Waals surface area contributed by atoms with Crippen molar-refractivity contribution in [1.29, 1.82) is 0 Å². The van der Waals surface area contributed by atoms with E-state index < -0.39 is 27.8 Å². The van der Waals surface area contributed by atoms with Crippen LogP contribution in [-0.4, -0.2) is 38.6 Å².